The highest BCUT2D eigenvalue weighted by molar-refractivity contribution is 5.95. The lowest BCUT2D eigenvalue weighted by molar-refractivity contribution is -0.0858. The van der Waals surface area contributed by atoms with Crippen LogP contribution in [0.15, 0.2) is 6.20 Å². The van der Waals surface area contributed by atoms with Crippen molar-refractivity contribution in [2.24, 2.45) is 5.73 Å². The van der Waals surface area contributed by atoms with E-state index in [4.69, 9.17) is 10.5 Å². The number of ether oxygens (including phenoxy) is 1. The van der Waals surface area contributed by atoms with Gasteiger partial charge < -0.3 is 20.5 Å². The number of carbonyl (C=O) groups is 1. The smallest absolute Gasteiger partial charge is 0.257 e. The Labute approximate surface area is 124 Å². The fourth-order valence-electron chi connectivity index (χ4n) is 2.61. The number of morpholine rings is 1. The molecule has 1 aliphatic rings. The first-order valence-corrected chi connectivity index (χ1v) is 7.34. The number of nitrogens with two attached hydrogens (primary N) is 1. The SMILES string of the molecule is Cc1c(C(=O)N2CC(C)OC(CO)C2)cnn1CCCN. The largest absolute Gasteiger partial charge is 0.394 e. The maximum absolute atomic E-state index is 12.6. The highest BCUT2D eigenvalue weighted by atomic mass is 16.5. The van der Waals surface area contributed by atoms with Gasteiger partial charge in [0.15, 0.2) is 0 Å². The first kappa shape index (κ1) is 15.9. The van der Waals surface area contributed by atoms with E-state index in [-0.39, 0.29) is 24.7 Å². The summed E-state index contributed by atoms with van der Waals surface area (Å²) in [6.45, 7) is 5.97. The van der Waals surface area contributed by atoms with Crippen LogP contribution in [-0.4, -0.2) is 64.1 Å². The van der Waals surface area contributed by atoms with Crippen LogP contribution in [0.5, 0.6) is 0 Å². The molecule has 21 heavy (non-hydrogen) atoms. The lowest BCUT2D eigenvalue weighted by atomic mass is 10.1. The molecule has 3 N–H and O–H groups in total. The molecule has 7 heteroatoms. The fraction of sp³-hybridized carbons (Fsp3) is 0.714. The van der Waals surface area contributed by atoms with Crippen molar-refractivity contribution in [1.82, 2.24) is 14.7 Å². The zero-order valence-corrected chi connectivity index (χ0v) is 12.7. The number of aryl methyl sites for hydroxylation is 1. The molecule has 0 bridgehead atoms. The van der Waals surface area contributed by atoms with Crippen LogP contribution in [0.3, 0.4) is 0 Å². The summed E-state index contributed by atoms with van der Waals surface area (Å²) in [7, 11) is 0. The molecule has 118 valence electrons. The highest BCUT2D eigenvalue weighted by Gasteiger charge is 2.30. The third-order valence-electron chi connectivity index (χ3n) is 3.72. The molecule has 7 nitrogen and oxygen atoms in total. The Hall–Kier alpha value is -1.44. The molecular formula is C14H24N4O3. The van der Waals surface area contributed by atoms with Crippen molar-refractivity contribution in [3.8, 4) is 0 Å². The van der Waals surface area contributed by atoms with Crippen LogP contribution in [-0.2, 0) is 11.3 Å². The van der Waals surface area contributed by atoms with E-state index in [1.807, 2.05) is 18.5 Å². The van der Waals surface area contributed by atoms with Crippen molar-refractivity contribution < 1.29 is 14.6 Å². The predicted octanol–water partition coefficient (Wildman–Crippen LogP) is -0.238. The van der Waals surface area contributed by atoms with Gasteiger partial charge in [-0.15, -0.1) is 0 Å². The third kappa shape index (κ3) is 3.61. The van der Waals surface area contributed by atoms with Gasteiger partial charge in [0.05, 0.1) is 30.6 Å². The molecule has 0 aliphatic carbocycles. The molecule has 2 rings (SSSR count). The molecule has 1 aromatic heterocycles. The molecule has 1 aliphatic heterocycles. The number of hydrogen-bond acceptors (Lipinski definition) is 5. The van der Waals surface area contributed by atoms with Crippen LogP contribution >= 0.6 is 0 Å². The Bertz CT molecular complexity index is 489. The summed E-state index contributed by atoms with van der Waals surface area (Å²) in [4.78, 5) is 14.4. The Morgan fingerprint density at radius 1 is 1.57 bits per heavy atom. The first-order chi connectivity index (χ1) is 10.1. The molecule has 1 amide bonds. The summed E-state index contributed by atoms with van der Waals surface area (Å²) in [6, 6.07) is 0. The van der Waals surface area contributed by atoms with Gasteiger partial charge in [-0.1, -0.05) is 0 Å². The molecule has 0 spiro atoms. The Morgan fingerprint density at radius 2 is 2.33 bits per heavy atom. The lowest BCUT2D eigenvalue weighted by Gasteiger charge is -2.36. The Kier molecular flexibility index (Phi) is 5.33. The molecule has 1 saturated heterocycles. The Balaban J connectivity index is 2.10. The topological polar surface area (TPSA) is 93.6 Å². The van der Waals surface area contributed by atoms with Crippen LogP contribution in [0.4, 0.5) is 0 Å². The van der Waals surface area contributed by atoms with E-state index in [0.717, 1.165) is 12.1 Å². The number of hydrogen-bond donors (Lipinski definition) is 2. The summed E-state index contributed by atoms with van der Waals surface area (Å²) >= 11 is 0. The maximum Gasteiger partial charge on any atom is 0.257 e. The lowest BCUT2D eigenvalue weighted by Crippen LogP contribution is -2.50. The van der Waals surface area contributed by atoms with Crippen molar-refractivity contribution in [1.29, 1.82) is 0 Å². The number of nitrogens with zero attached hydrogens (tertiary/aromatic N) is 3. The first-order valence-electron chi connectivity index (χ1n) is 7.34. The zero-order chi connectivity index (χ0) is 15.4. The second kappa shape index (κ2) is 7.02. The van der Waals surface area contributed by atoms with Gasteiger partial charge in [0.2, 0.25) is 0 Å². The molecule has 0 aromatic carbocycles. The molecule has 1 fully saturated rings. The monoisotopic (exact) mass is 296 g/mol. The summed E-state index contributed by atoms with van der Waals surface area (Å²) in [5, 5.41) is 13.5. The Morgan fingerprint density at radius 3 is 3.00 bits per heavy atom. The average molecular weight is 296 g/mol. The summed E-state index contributed by atoms with van der Waals surface area (Å²) in [5.41, 5.74) is 6.97. The van der Waals surface area contributed by atoms with E-state index < -0.39 is 0 Å². The molecule has 2 atom stereocenters. The van der Waals surface area contributed by atoms with Gasteiger partial charge in [-0.3, -0.25) is 9.48 Å². The van der Waals surface area contributed by atoms with E-state index in [2.05, 4.69) is 5.10 Å². The van der Waals surface area contributed by atoms with Crippen LogP contribution in [0.2, 0.25) is 0 Å². The third-order valence-corrected chi connectivity index (χ3v) is 3.72. The van der Waals surface area contributed by atoms with Crippen molar-refractivity contribution in [2.75, 3.05) is 26.2 Å². The standard InChI is InChI=1S/C14H24N4O3/c1-10-7-17(8-12(9-19)21-10)14(20)13-6-16-18(11(13)2)5-3-4-15/h6,10,12,19H,3-5,7-9,15H2,1-2H3. The summed E-state index contributed by atoms with van der Waals surface area (Å²) in [6.07, 6.45) is 2.05. The molecule has 2 heterocycles. The minimum atomic E-state index is -0.315. The van der Waals surface area contributed by atoms with Gasteiger partial charge in [-0.25, -0.2) is 0 Å². The van der Waals surface area contributed by atoms with Gasteiger partial charge in [0.1, 0.15) is 0 Å². The van der Waals surface area contributed by atoms with Gasteiger partial charge in [0.25, 0.3) is 5.91 Å². The zero-order valence-electron chi connectivity index (χ0n) is 12.7. The molecular weight excluding hydrogens is 272 g/mol. The number of rotatable bonds is 5. The van der Waals surface area contributed by atoms with Crippen molar-refractivity contribution in [2.45, 2.75) is 39.0 Å². The number of aliphatic hydroxyl groups excluding tert-OH is 1. The van der Waals surface area contributed by atoms with E-state index in [0.29, 0.717) is 31.7 Å². The highest BCUT2D eigenvalue weighted by Crippen LogP contribution is 2.16. The van der Waals surface area contributed by atoms with E-state index >= 15 is 0 Å². The van der Waals surface area contributed by atoms with E-state index in [9.17, 15) is 9.90 Å². The van der Waals surface area contributed by atoms with Crippen molar-refractivity contribution in [3.63, 3.8) is 0 Å². The molecule has 2 unspecified atom stereocenters. The van der Waals surface area contributed by atoms with Gasteiger partial charge in [0, 0.05) is 25.3 Å². The van der Waals surface area contributed by atoms with Gasteiger partial charge in [-0.05, 0) is 26.8 Å². The van der Waals surface area contributed by atoms with Crippen molar-refractivity contribution in [3.05, 3.63) is 17.5 Å². The summed E-state index contributed by atoms with van der Waals surface area (Å²) in [5.74, 6) is -0.0555. The second-order valence-electron chi connectivity index (χ2n) is 5.47. The number of amides is 1. The number of aliphatic hydroxyl groups is 1. The number of carbonyl (C=O) groups excluding carboxylic acids is 1. The predicted molar refractivity (Wildman–Crippen MR) is 78.0 cm³/mol. The van der Waals surface area contributed by atoms with Gasteiger partial charge >= 0.3 is 0 Å². The quantitative estimate of drug-likeness (QED) is 0.782. The normalized spacial score (nSPS) is 22.6. The van der Waals surface area contributed by atoms with Crippen LogP contribution < -0.4 is 5.73 Å². The van der Waals surface area contributed by atoms with E-state index in [1.54, 1.807) is 11.1 Å². The van der Waals surface area contributed by atoms with Crippen LogP contribution in [0, 0.1) is 6.92 Å². The van der Waals surface area contributed by atoms with Crippen LogP contribution in [0.1, 0.15) is 29.4 Å². The summed E-state index contributed by atoms with van der Waals surface area (Å²) < 4.78 is 7.37. The molecule has 0 saturated carbocycles. The van der Waals surface area contributed by atoms with Gasteiger partial charge in [-0.2, -0.15) is 5.10 Å². The maximum atomic E-state index is 12.6. The minimum Gasteiger partial charge on any atom is -0.394 e. The molecule has 0 radical (unpaired) electrons. The molecule has 1 aromatic rings. The average Bonchev–Trinajstić information content (AvgIpc) is 2.84. The fourth-order valence-corrected chi connectivity index (χ4v) is 2.61. The minimum absolute atomic E-state index is 0.0555. The van der Waals surface area contributed by atoms with E-state index in [1.165, 1.54) is 0 Å². The number of aromatic nitrogens is 2. The van der Waals surface area contributed by atoms with Crippen LogP contribution in [0.25, 0.3) is 0 Å². The second-order valence-corrected chi connectivity index (χ2v) is 5.47. The van der Waals surface area contributed by atoms with Crippen molar-refractivity contribution >= 4 is 5.91 Å².